The lowest BCUT2D eigenvalue weighted by atomic mass is 10.1. The summed E-state index contributed by atoms with van der Waals surface area (Å²) in [5.41, 5.74) is 2.15. The normalized spacial score (nSPS) is 11.6. The fourth-order valence-electron chi connectivity index (χ4n) is 2.28. The zero-order chi connectivity index (χ0) is 16.9. The van der Waals surface area contributed by atoms with Crippen molar-refractivity contribution in [3.63, 3.8) is 0 Å². The van der Waals surface area contributed by atoms with Gasteiger partial charge < -0.3 is 9.13 Å². The average molecular weight is 339 g/mol. The number of aromatic nitrogens is 2. The molecule has 0 N–H and O–H groups in total. The Bertz CT molecular complexity index is 964. The van der Waals surface area contributed by atoms with Crippen molar-refractivity contribution >= 4 is 17.2 Å². The number of rotatable bonds is 4. The lowest BCUT2D eigenvalue weighted by molar-refractivity contribution is -0.118. The van der Waals surface area contributed by atoms with E-state index in [9.17, 15) is 9.59 Å². The molecule has 5 nitrogen and oxygen atoms in total. The maximum absolute atomic E-state index is 12.1. The molecule has 0 unspecified atom stereocenters. The molecule has 122 valence electrons. The lowest BCUT2D eigenvalue weighted by Gasteiger charge is -2.04. The van der Waals surface area contributed by atoms with Crippen molar-refractivity contribution < 1.29 is 4.79 Å². The minimum Gasteiger partial charge on any atom is -0.319 e. The minimum absolute atomic E-state index is 0.0535. The van der Waals surface area contributed by atoms with E-state index in [4.69, 9.17) is 0 Å². The summed E-state index contributed by atoms with van der Waals surface area (Å²) in [4.78, 5) is 28.6. The monoisotopic (exact) mass is 339 g/mol. The van der Waals surface area contributed by atoms with E-state index in [1.54, 1.807) is 18.3 Å². The SMILES string of the molecule is Cc1ccc(Cn2ccsc2=NC(=O)Cn2ccccc2=O)cc1. The van der Waals surface area contributed by atoms with Crippen LogP contribution in [-0.2, 0) is 17.9 Å². The predicted octanol–water partition coefficient (Wildman–Crippen LogP) is 2.20. The van der Waals surface area contributed by atoms with Gasteiger partial charge in [-0.1, -0.05) is 35.9 Å². The molecule has 1 amide bonds. The number of carbonyl (C=O) groups is 1. The molecule has 0 saturated heterocycles. The van der Waals surface area contributed by atoms with E-state index in [1.165, 1.54) is 27.5 Å². The second-order valence-electron chi connectivity index (χ2n) is 5.47. The molecular weight excluding hydrogens is 322 g/mol. The van der Waals surface area contributed by atoms with E-state index in [1.807, 2.05) is 23.1 Å². The first-order chi connectivity index (χ1) is 11.6. The van der Waals surface area contributed by atoms with E-state index >= 15 is 0 Å². The Kier molecular flexibility index (Phi) is 4.86. The first-order valence-corrected chi connectivity index (χ1v) is 8.42. The second kappa shape index (κ2) is 7.23. The maximum Gasteiger partial charge on any atom is 0.268 e. The molecule has 3 rings (SSSR count). The number of hydrogen-bond donors (Lipinski definition) is 0. The molecular formula is C18H17N3O2S. The van der Waals surface area contributed by atoms with Crippen molar-refractivity contribution in [2.45, 2.75) is 20.0 Å². The summed E-state index contributed by atoms with van der Waals surface area (Å²) in [5.74, 6) is -0.344. The Morgan fingerprint density at radius 1 is 1.08 bits per heavy atom. The molecule has 0 aliphatic carbocycles. The summed E-state index contributed by atoms with van der Waals surface area (Å²) >= 11 is 1.40. The van der Waals surface area contributed by atoms with Crippen LogP contribution >= 0.6 is 11.3 Å². The van der Waals surface area contributed by atoms with Gasteiger partial charge in [-0.25, -0.2) is 0 Å². The molecule has 2 heterocycles. The van der Waals surface area contributed by atoms with Crippen LogP contribution in [0, 0.1) is 6.92 Å². The summed E-state index contributed by atoms with van der Waals surface area (Å²) < 4.78 is 3.28. The van der Waals surface area contributed by atoms with E-state index in [2.05, 4.69) is 29.3 Å². The van der Waals surface area contributed by atoms with Gasteiger partial charge in [0.15, 0.2) is 4.80 Å². The third kappa shape index (κ3) is 3.97. The van der Waals surface area contributed by atoms with Crippen LogP contribution in [0.2, 0.25) is 0 Å². The van der Waals surface area contributed by atoms with Gasteiger partial charge in [0.1, 0.15) is 6.54 Å². The van der Waals surface area contributed by atoms with Gasteiger partial charge in [-0.2, -0.15) is 4.99 Å². The topological polar surface area (TPSA) is 56.4 Å². The fourth-order valence-corrected chi connectivity index (χ4v) is 3.02. The Hall–Kier alpha value is -2.73. The zero-order valence-electron chi connectivity index (χ0n) is 13.3. The largest absolute Gasteiger partial charge is 0.319 e. The van der Waals surface area contributed by atoms with Crippen LogP contribution in [0.3, 0.4) is 0 Å². The smallest absolute Gasteiger partial charge is 0.268 e. The van der Waals surface area contributed by atoms with E-state index in [0.717, 1.165) is 5.56 Å². The van der Waals surface area contributed by atoms with Gasteiger partial charge in [-0.3, -0.25) is 9.59 Å². The predicted molar refractivity (Wildman–Crippen MR) is 93.9 cm³/mol. The van der Waals surface area contributed by atoms with Gasteiger partial charge in [-0.05, 0) is 18.6 Å². The third-order valence-electron chi connectivity index (χ3n) is 3.56. The van der Waals surface area contributed by atoms with Gasteiger partial charge in [-0.15, -0.1) is 11.3 Å². The number of carbonyl (C=O) groups excluding carboxylic acids is 1. The highest BCUT2D eigenvalue weighted by molar-refractivity contribution is 7.07. The Morgan fingerprint density at radius 3 is 2.62 bits per heavy atom. The lowest BCUT2D eigenvalue weighted by Crippen LogP contribution is -2.24. The highest BCUT2D eigenvalue weighted by Gasteiger charge is 2.04. The van der Waals surface area contributed by atoms with Crippen molar-refractivity contribution in [3.05, 3.63) is 86.5 Å². The summed E-state index contributed by atoms with van der Waals surface area (Å²) in [6.45, 7) is 2.65. The quantitative estimate of drug-likeness (QED) is 0.732. The molecule has 0 aliphatic heterocycles. The number of pyridine rings is 1. The first-order valence-electron chi connectivity index (χ1n) is 7.54. The van der Waals surface area contributed by atoms with E-state index < -0.39 is 0 Å². The first kappa shape index (κ1) is 16.1. The molecule has 3 aromatic rings. The summed E-state index contributed by atoms with van der Waals surface area (Å²) in [6.07, 6.45) is 3.50. The third-order valence-corrected chi connectivity index (χ3v) is 4.35. The molecule has 2 aromatic heterocycles. The molecule has 0 aliphatic rings. The van der Waals surface area contributed by atoms with Gasteiger partial charge in [0.05, 0.1) is 0 Å². The Labute approximate surface area is 143 Å². The highest BCUT2D eigenvalue weighted by Crippen LogP contribution is 2.05. The number of aryl methyl sites for hydroxylation is 1. The van der Waals surface area contributed by atoms with Crippen LogP contribution in [-0.4, -0.2) is 15.0 Å². The Balaban J connectivity index is 1.80. The molecule has 0 fully saturated rings. The van der Waals surface area contributed by atoms with Gasteiger partial charge in [0.2, 0.25) is 0 Å². The van der Waals surface area contributed by atoms with Gasteiger partial charge >= 0.3 is 0 Å². The highest BCUT2D eigenvalue weighted by atomic mass is 32.1. The van der Waals surface area contributed by atoms with Gasteiger partial charge in [0.25, 0.3) is 11.5 Å². The van der Waals surface area contributed by atoms with Crippen LogP contribution < -0.4 is 10.4 Å². The molecule has 24 heavy (non-hydrogen) atoms. The summed E-state index contributed by atoms with van der Waals surface area (Å²) in [5, 5.41) is 1.90. The van der Waals surface area contributed by atoms with Crippen molar-refractivity contribution in [2.24, 2.45) is 4.99 Å². The number of nitrogens with zero attached hydrogens (tertiary/aromatic N) is 3. The minimum atomic E-state index is -0.344. The summed E-state index contributed by atoms with van der Waals surface area (Å²) in [7, 11) is 0. The van der Waals surface area contributed by atoms with Crippen LogP contribution in [0.1, 0.15) is 11.1 Å². The molecule has 0 radical (unpaired) electrons. The van der Waals surface area contributed by atoms with Crippen molar-refractivity contribution in [2.75, 3.05) is 0 Å². The maximum atomic E-state index is 12.1. The van der Waals surface area contributed by atoms with Crippen molar-refractivity contribution in [1.82, 2.24) is 9.13 Å². The summed E-state index contributed by atoms with van der Waals surface area (Å²) in [6, 6.07) is 13.0. The second-order valence-corrected chi connectivity index (χ2v) is 6.34. The van der Waals surface area contributed by atoms with Crippen molar-refractivity contribution in [3.8, 4) is 0 Å². The van der Waals surface area contributed by atoms with Crippen molar-refractivity contribution in [1.29, 1.82) is 0 Å². The van der Waals surface area contributed by atoms with Crippen LogP contribution in [0.15, 0.2) is 70.0 Å². The molecule has 0 atom stereocenters. The molecule has 0 saturated carbocycles. The van der Waals surface area contributed by atoms with Crippen LogP contribution in [0.4, 0.5) is 0 Å². The standard InChI is InChI=1S/C18H17N3O2S/c1-14-5-7-15(8-6-14)12-21-10-11-24-18(21)19-16(22)13-20-9-3-2-4-17(20)23/h2-11H,12-13H2,1H3. The fraction of sp³-hybridized carbons (Fsp3) is 0.167. The van der Waals surface area contributed by atoms with E-state index in [-0.39, 0.29) is 18.0 Å². The van der Waals surface area contributed by atoms with Gasteiger partial charge in [0, 0.05) is 30.4 Å². The molecule has 0 bridgehead atoms. The number of amides is 1. The molecule has 6 heteroatoms. The molecule has 0 spiro atoms. The van der Waals surface area contributed by atoms with E-state index in [0.29, 0.717) is 11.3 Å². The number of thiazole rings is 1. The number of benzene rings is 1. The van der Waals surface area contributed by atoms with Crippen LogP contribution in [0.25, 0.3) is 0 Å². The number of hydrogen-bond acceptors (Lipinski definition) is 3. The van der Waals surface area contributed by atoms with Crippen LogP contribution in [0.5, 0.6) is 0 Å². The molecule has 1 aromatic carbocycles. The average Bonchev–Trinajstić information content (AvgIpc) is 2.98. The Morgan fingerprint density at radius 2 is 1.88 bits per heavy atom. The zero-order valence-corrected chi connectivity index (χ0v) is 14.1.